The number of ether oxygens (including phenoxy) is 2. The summed E-state index contributed by atoms with van der Waals surface area (Å²) in [6, 6.07) is 3.68. The number of rotatable bonds is 4. The smallest absolute Gasteiger partial charge is 0.273 e. The van der Waals surface area contributed by atoms with Gasteiger partial charge < -0.3 is 24.3 Å². The molecule has 8 heteroatoms. The number of nitrogens with one attached hydrogen (secondary N) is 1. The highest BCUT2D eigenvalue weighted by atomic mass is 16.5. The average Bonchev–Trinajstić information content (AvgIpc) is 3.37. The van der Waals surface area contributed by atoms with E-state index in [2.05, 4.69) is 19.9 Å². The first-order valence-corrected chi connectivity index (χ1v) is 8.88. The molecule has 2 saturated heterocycles. The van der Waals surface area contributed by atoms with Crippen molar-refractivity contribution in [2.45, 2.75) is 18.6 Å². The van der Waals surface area contributed by atoms with E-state index in [9.17, 15) is 4.79 Å². The summed E-state index contributed by atoms with van der Waals surface area (Å²) in [5.74, 6) is 0.684. The normalized spacial score (nSPS) is 23.4. The molecule has 1 unspecified atom stereocenters. The zero-order valence-corrected chi connectivity index (χ0v) is 14.8. The third kappa shape index (κ3) is 3.30. The number of nitrogens with zero attached hydrogens (tertiary/aromatic N) is 4. The van der Waals surface area contributed by atoms with Crippen LogP contribution in [0, 0.1) is 0 Å². The van der Waals surface area contributed by atoms with Gasteiger partial charge in [0.25, 0.3) is 5.91 Å². The molecule has 2 aliphatic heterocycles. The monoisotopic (exact) mass is 357 g/mol. The van der Waals surface area contributed by atoms with Crippen molar-refractivity contribution in [1.29, 1.82) is 0 Å². The lowest BCUT2D eigenvalue weighted by Gasteiger charge is -2.29. The number of aromatic nitrogens is 3. The molecule has 0 saturated carbocycles. The maximum atomic E-state index is 13.2. The molecule has 0 radical (unpaired) electrons. The Kier molecular flexibility index (Phi) is 4.85. The van der Waals surface area contributed by atoms with Crippen LogP contribution in [0.4, 0.5) is 5.69 Å². The second-order valence-electron chi connectivity index (χ2n) is 6.54. The van der Waals surface area contributed by atoms with Crippen LogP contribution in [-0.4, -0.2) is 71.8 Å². The number of imidazole rings is 1. The SMILES string of the molecule is CO[C@@H]1CC(c2ncc[nH]2)N(C(=O)c2cc(N3CCOCC3)ccn2)C1. The number of H-pyrrole nitrogens is 1. The van der Waals surface area contributed by atoms with Crippen LogP contribution in [0.5, 0.6) is 0 Å². The Morgan fingerprint density at radius 3 is 2.88 bits per heavy atom. The predicted octanol–water partition coefficient (Wildman–Crippen LogP) is 1.24. The number of methoxy groups -OCH3 is 1. The predicted molar refractivity (Wildman–Crippen MR) is 95.0 cm³/mol. The van der Waals surface area contributed by atoms with Crippen molar-refractivity contribution >= 4 is 11.6 Å². The van der Waals surface area contributed by atoms with Crippen LogP contribution in [-0.2, 0) is 9.47 Å². The minimum Gasteiger partial charge on any atom is -0.380 e. The molecular weight excluding hydrogens is 334 g/mol. The fraction of sp³-hybridized carbons (Fsp3) is 0.500. The number of pyridine rings is 1. The molecule has 0 aliphatic carbocycles. The van der Waals surface area contributed by atoms with Gasteiger partial charge in [-0.1, -0.05) is 0 Å². The summed E-state index contributed by atoms with van der Waals surface area (Å²) < 4.78 is 10.9. The van der Waals surface area contributed by atoms with E-state index in [1.165, 1.54) is 0 Å². The summed E-state index contributed by atoms with van der Waals surface area (Å²) in [4.78, 5) is 29.0. The van der Waals surface area contributed by atoms with Crippen LogP contribution in [0.2, 0.25) is 0 Å². The van der Waals surface area contributed by atoms with Crippen molar-refractivity contribution in [3.63, 3.8) is 0 Å². The first kappa shape index (κ1) is 17.0. The number of likely N-dealkylation sites (tertiary alicyclic amines) is 1. The van der Waals surface area contributed by atoms with E-state index in [1.54, 1.807) is 30.6 Å². The van der Waals surface area contributed by atoms with Crippen molar-refractivity contribution < 1.29 is 14.3 Å². The number of amides is 1. The standard InChI is InChI=1S/C18H23N5O3/c1-25-14-11-16(17-20-4-5-21-17)23(12-14)18(24)15-10-13(2-3-19-15)22-6-8-26-9-7-22/h2-5,10,14,16H,6-9,11-12H2,1H3,(H,20,21)/t14-,16?/m1/s1. The largest absolute Gasteiger partial charge is 0.380 e. The third-order valence-corrected chi connectivity index (χ3v) is 5.03. The zero-order chi connectivity index (χ0) is 17.9. The summed E-state index contributed by atoms with van der Waals surface area (Å²) >= 11 is 0. The van der Waals surface area contributed by atoms with Crippen molar-refractivity contribution in [2.75, 3.05) is 44.9 Å². The van der Waals surface area contributed by atoms with Gasteiger partial charge in [0.2, 0.25) is 0 Å². The van der Waals surface area contributed by atoms with Crippen LogP contribution in [0.15, 0.2) is 30.7 Å². The number of hydrogen-bond donors (Lipinski definition) is 1. The lowest BCUT2D eigenvalue weighted by atomic mass is 10.2. The van der Waals surface area contributed by atoms with Crippen LogP contribution >= 0.6 is 0 Å². The first-order chi connectivity index (χ1) is 12.8. The molecule has 2 aromatic heterocycles. The lowest BCUT2D eigenvalue weighted by Crippen LogP contribution is -2.37. The Balaban J connectivity index is 1.57. The van der Waals surface area contributed by atoms with Crippen molar-refractivity contribution in [3.05, 3.63) is 42.2 Å². The van der Waals surface area contributed by atoms with E-state index in [0.29, 0.717) is 25.5 Å². The van der Waals surface area contributed by atoms with Crippen molar-refractivity contribution in [1.82, 2.24) is 19.9 Å². The first-order valence-electron chi connectivity index (χ1n) is 8.88. The minimum absolute atomic E-state index is 0.00326. The number of hydrogen-bond acceptors (Lipinski definition) is 6. The molecule has 1 amide bonds. The number of aromatic amines is 1. The maximum Gasteiger partial charge on any atom is 0.273 e. The van der Waals surface area contributed by atoms with Crippen LogP contribution in [0.1, 0.15) is 28.8 Å². The summed E-state index contributed by atoms with van der Waals surface area (Å²) in [6.45, 7) is 3.58. The number of carbonyl (C=O) groups excluding carboxylic acids is 1. The van der Waals surface area contributed by atoms with E-state index in [4.69, 9.17) is 9.47 Å². The molecule has 2 aliphatic rings. The zero-order valence-electron chi connectivity index (χ0n) is 14.8. The Hall–Kier alpha value is -2.45. The molecule has 1 N–H and O–H groups in total. The highest BCUT2D eigenvalue weighted by molar-refractivity contribution is 5.93. The lowest BCUT2D eigenvalue weighted by molar-refractivity contribution is 0.0679. The van der Waals surface area contributed by atoms with Gasteiger partial charge in [-0.2, -0.15) is 0 Å². The van der Waals surface area contributed by atoms with Gasteiger partial charge in [-0.3, -0.25) is 9.78 Å². The second-order valence-corrected chi connectivity index (χ2v) is 6.54. The van der Waals surface area contributed by atoms with Gasteiger partial charge in [0.1, 0.15) is 11.5 Å². The fourth-order valence-electron chi connectivity index (χ4n) is 3.61. The van der Waals surface area contributed by atoms with Gasteiger partial charge in [0.05, 0.1) is 25.4 Å². The van der Waals surface area contributed by atoms with E-state index in [0.717, 1.165) is 31.0 Å². The second kappa shape index (κ2) is 7.43. The molecule has 0 bridgehead atoms. The van der Waals surface area contributed by atoms with Gasteiger partial charge >= 0.3 is 0 Å². The highest BCUT2D eigenvalue weighted by Gasteiger charge is 2.38. The molecule has 4 heterocycles. The topological polar surface area (TPSA) is 83.6 Å². The quantitative estimate of drug-likeness (QED) is 0.886. The number of carbonyl (C=O) groups is 1. The van der Waals surface area contributed by atoms with Crippen LogP contribution in [0.25, 0.3) is 0 Å². The molecule has 26 heavy (non-hydrogen) atoms. The summed E-state index contributed by atoms with van der Waals surface area (Å²) in [7, 11) is 1.68. The van der Waals surface area contributed by atoms with Crippen LogP contribution in [0.3, 0.4) is 0 Å². The molecule has 4 rings (SSSR count). The number of anilines is 1. The van der Waals surface area contributed by atoms with Crippen LogP contribution < -0.4 is 4.90 Å². The Morgan fingerprint density at radius 1 is 1.31 bits per heavy atom. The molecule has 0 aromatic carbocycles. The Labute approximate surface area is 152 Å². The van der Waals surface area contributed by atoms with Gasteiger partial charge in [-0.25, -0.2) is 4.98 Å². The fourth-order valence-corrected chi connectivity index (χ4v) is 3.61. The molecule has 138 valence electrons. The maximum absolute atomic E-state index is 13.2. The Morgan fingerprint density at radius 2 is 2.15 bits per heavy atom. The van der Waals surface area contributed by atoms with Gasteiger partial charge in [0.15, 0.2) is 0 Å². The minimum atomic E-state index is -0.128. The van der Waals surface area contributed by atoms with Gasteiger partial charge in [-0.05, 0) is 12.1 Å². The molecular formula is C18H23N5O3. The van der Waals surface area contributed by atoms with Gasteiger partial charge in [0, 0.05) is 57.4 Å². The van der Waals surface area contributed by atoms with E-state index in [-0.39, 0.29) is 18.1 Å². The summed E-state index contributed by atoms with van der Waals surface area (Å²) in [5, 5.41) is 0. The third-order valence-electron chi connectivity index (χ3n) is 5.03. The van der Waals surface area contributed by atoms with E-state index >= 15 is 0 Å². The Bertz CT molecular complexity index is 745. The molecule has 2 atom stereocenters. The molecule has 2 fully saturated rings. The average molecular weight is 357 g/mol. The van der Waals surface area contributed by atoms with E-state index in [1.807, 2.05) is 12.1 Å². The summed E-state index contributed by atoms with van der Waals surface area (Å²) in [5.41, 5.74) is 1.45. The van der Waals surface area contributed by atoms with Crippen molar-refractivity contribution in [3.8, 4) is 0 Å². The molecule has 2 aromatic rings. The highest BCUT2D eigenvalue weighted by Crippen LogP contribution is 2.32. The molecule has 8 nitrogen and oxygen atoms in total. The molecule has 0 spiro atoms. The van der Waals surface area contributed by atoms with Crippen molar-refractivity contribution in [2.24, 2.45) is 0 Å². The van der Waals surface area contributed by atoms with E-state index < -0.39 is 0 Å². The van der Waals surface area contributed by atoms with Gasteiger partial charge in [-0.15, -0.1) is 0 Å². The number of morpholine rings is 1. The summed E-state index contributed by atoms with van der Waals surface area (Å²) in [6.07, 6.45) is 5.89.